The maximum atomic E-state index is 12.5. The number of nitrogens with one attached hydrogen (secondary N) is 1. The summed E-state index contributed by atoms with van der Waals surface area (Å²) >= 11 is 0. The van der Waals surface area contributed by atoms with E-state index in [1.807, 2.05) is 38.1 Å². The molecule has 1 unspecified atom stereocenters. The van der Waals surface area contributed by atoms with Crippen molar-refractivity contribution in [3.63, 3.8) is 0 Å². The van der Waals surface area contributed by atoms with Crippen LogP contribution in [0.3, 0.4) is 0 Å². The number of pyridine rings is 1. The highest BCUT2D eigenvalue weighted by atomic mass is 16.5. The Labute approximate surface area is 153 Å². The van der Waals surface area contributed by atoms with Crippen molar-refractivity contribution in [2.45, 2.75) is 32.7 Å². The van der Waals surface area contributed by atoms with Gasteiger partial charge in [0.2, 0.25) is 11.8 Å². The Balaban J connectivity index is 1.69. The van der Waals surface area contributed by atoms with Crippen molar-refractivity contribution < 1.29 is 14.3 Å². The molecule has 0 bridgehead atoms. The molecule has 1 fully saturated rings. The molecule has 26 heavy (non-hydrogen) atoms. The lowest BCUT2D eigenvalue weighted by Gasteiger charge is -2.26. The Morgan fingerprint density at radius 3 is 2.77 bits per heavy atom. The van der Waals surface area contributed by atoms with Gasteiger partial charge in [-0.15, -0.1) is 0 Å². The summed E-state index contributed by atoms with van der Waals surface area (Å²) in [4.78, 5) is 16.7. The fourth-order valence-electron chi connectivity index (χ4n) is 2.98. The zero-order chi connectivity index (χ0) is 18.5. The first-order chi connectivity index (χ1) is 12.5. The van der Waals surface area contributed by atoms with Crippen LogP contribution >= 0.6 is 0 Å². The summed E-state index contributed by atoms with van der Waals surface area (Å²) in [7, 11) is 0. The van der Waals surface area contributed by atoms with E-state index >= 15 is 0 Å². The minimum atomic E-state index is -0.539. The van der Waals surface area contributed by atoms with Crippen molar-refractivity contribution in [1.82, 2.24) is 4.98 Å². The molecule has 2 aromatic rings. The van der Waals surface area contributed by atoms with Crippen LogP contribution in [-0.2, 0) is 9.53 Å². The molecule has 1 saturated heterocycles. The van der Waals surface area contributed by atoms with Crippen molar-refractivity contribution in [3.05, 3.63) is 47.7 Å². The van der Waals surface area contributed by atoms with Crippen LogP contribution in [0.1, 0.15) is 24.0 Å². The molecule has 1 atom stereocenters. The van der Waals surface area contributed by atoms with Crippen molar-refractivity contribution in [1.29, 1.82) is 0 Å². The first kappa shape index (κ1) is 18.4. The number of anilines is 1. The fraction of sp³-hybridized carbons (Fsp3) is 0.400. The molecule has 138 valence electrons. The van der Waals surface area contributed by atoms with Gasteiger partial charge in [0.25, 0.3) is 0 Å². The molecule has 6 heteroatoms. The third-order valence-electron chi connectivity index (χ3n) is 4.64. The van der Waals surface area contributed by atoms with E-state index in [1.165, 1.54) is 0 Å². The molecule has 0 radical (unpaired) electrons. The molecule has 2 heterocycles. The SMILES string of the molecule is Cc1ccnc(Oc2cc(NC(=O)C(N)C3CCOCC3)ccc2C)c1. The summed E-state index contributed by atoms with van der Waals surface area (Å²) in [6, 6.07) is 8.79. The van der Waals surface area contributed by atoms with Crippen LogP contribution in [0.5, 0.6) is 11.6 Å². The maximum absolute atomic E-state index is 12.5. The van der Waals surface area contributed by atoms with E-state index in [0.29, 0.717) is 30.5 Å². The number of ether oxygens (including phenoxy) is 2. The number of carbonyl (C=O) groups excluding carboxylic acids is 1. The van der Waals surface area contributed by atoms with Crippen molar-refractivity contribution >= 4 is 11.6 Å². The van der Waals surface area contributed by atoms with Gasteiger partial charge in [-0.1, -0.05) is 6.07 Å². The average molecular weight is 355 g/mol. The van der Waals surface area contributed by atoms with Gasteiger partial charge >= 0.3 is 0 Å². The molecular weight excluding hydrogens is 330 g/mol. The summed E-state index contributed by atoms with van der Waals surface area (Å²) in [5.74, 6) is 1.15. The molecule has 3 rings (SSSR count). The van der Waals surface area contributed by atoms with Crippen LogP contribution in [0, 0.1) is 19.8 Å². The third kappa shape index (κ3) is 4.59. The molecular formula is C20H25N3O3. The second kappa shape index (κ2) is 8.29. The van der Waals surface area contributed by atoms with Crippen LogP contribution in [0.4, 0.5) is 5.69 Å². The zero-order valence-corrected chi connectivity index (χ0v) is 15.2. The molecule has 1 aromatic heterocycles. The van der Waals surface area contributed by atoms with Gasteiger partial charge in [0.15, 0.2) is 0 Å². The van der Waals surface area contributed by atoms with E-state index in [0.717, 1.165) is 24.0 Å². The molecule has 6 nitrogen and oxygen atoms in total. The van der Waals surface area contributed by atoms with E-state index in [9.17, 15) is 4.79 Å². The Kier molecular flexibility index (Phi) is 5.85. The number of nitrogens with zero attached hydrogens (tertiary/aromatic N) is 1. The van der Waals surface area contributed by atoms with Gasteiger partial charge in [-0.25, -0.2) is 4.98 Å². The second-order valence-corrected chi connectivity index (χ2v) is 6.72. The molecule has 3 N–H and O–H groups in total. The lowest BCUT2D eigenvalue weighted by atomic mass is 9.92. The predicted octanol–water partition coefficient (Wildman–Crippen LogP) is 3.18. The Morgan fingerprint density at radius 2 is 2.04 bits per heavy atom. The van der Waals surface area contributed by atoms with E-state index in [1.54, 1.807) is 12.3 Å². The topological polar surface area (TPSA) is 86.5 Å². The zero-order valence-electron chi connectivity index (χ0n) is 15.2. The minimum Gasteiger partial charge on any atom is -0.439 e. The summed E-state index contributed by atoms with van der Waals surface area (Å²) in [6.45, 7) is 5.26. The maximum Gasteiger partial charge on any atom is 0.241 e. The van der Waals surface area contributed by atoms with Crippen LogP contribution in [0.25, 0.3) is 0 Å². The predicted molar refractivity (Wildman–Crippen MR) is 100 cm³/mol. The molecule has 1 aromatic carbocycles. The highest BCUT2D eigenvalue weighted by Gasteiger charge is 2.26. The average Bonchev–Trinajstić information content (AvgIpc) is 2.64. The lowest BCUT2D eigenvalue weighted by molar-refractivity contribution is -0.119. The van der Waals surface area contributed by atoms with Gasteiger partial charge < -0.3 is 20.5 Å². The molecule has 0 aliphatic carbocycles. The lowest BCUT2D eigenvalue weighted by Crippen LogP contribution is -2.44. The Hall–Kier alpha value is -2.44. The van der Waals surface area contributed by atoms with E-state index in [2.05, 4.69) is 10.3 Å². The second-order valence-electron chi connectivity index (χ2n) is 6.72. The van der Waals surface area contributed by atoms with Gasteiger partial charge in [-0.2, -0.15) is 0 Å². The van der Waals surface area contributed by atoms with Gasteiger partial charge in [0.05, 0.1) is 6.04 Å². The van der Waals surface area contributed by atoms with Gasteiger partial charge in [0, 0.05) is 37.2 Å². The summed E-state index contributed by atoms with van der Waals surface area (Å²) in [6.07, 6.45) is 3.34. The monoisotopic (exact) mass is 355 g/mol. The van der Waals surface area contributed by atoms with E-state index in [4.69, 9.17) is 15.2 Å². The summed E-state index contributed by atoms with van der Waals surface area (Å²) < 4.78 is 11.2. The van der Waals surface area contributed by atoms with E-state index in [-0.39, 0.29) is 11.8 Å². The smallest absolute Gasteiger partial charge is 0.241 e. The van der Waals surface area contributed by atoms with Crippen LogP contribution in [0.15, 0.2) is 36.5 Å². The number of amides is 1. The first-order valence-electron chi connectivity index (χ1n) is 8.88. The largest absolute Gasteiger partial charge is 0.439 e. The van der Waals surface area contributed by atoms with E-state index < -0.39 is 6.04 Å². The number of nitrogens with two attached hydrogens (primary N) is 1. The minimum absolute atomic E-state index is 0.154. The van der Waals surface area contributed by atoms with Crippen LogP contribution in [-0.4, -0.2) is 30.1 Å². The molecule has 1 aliphatic rings. The summed E-state index contributed by atoms with van der Waals surface area (Å²) in [5.41, 5.74) is 8.82. The van der Waals surface area contributed by atoms with Crippen LogP contribution < -0.4 is 15.8 Å². The third-order valence-corrected chi connectivity index (χ3v) is 4.64. The standard InChI is InChI=1S/C20H25N3O3/c1-13-5-8-22-18(11-13)26-17-12-16(4-3-14(17)2)23-20(24)19(21)15-6-9-25-10-7-15/h3-5,8,11-12,15,19H,6-7,9-10,21H2,1-2H3,(H,23,24). The summed E-state index contributed by atoms with van der Waals surface area (Å²) in [5, 5.41) is 2.90. The van der Waals surface area contributed by atoms with Crippen molar-refractivity contribution in [2.24, 2.45) is 11.7 Å². The van der Waals surface area contributed by atoms with Crippen molar-refractivity contribution in [2.75, 3.05) is 18.5 Å². The van der Waals surface area contributed by atoms with Gasteiger partial charge in [-0.3, -0.25) is 4.79 Å². The number of carbonyl (C=O) groups is 1. The number of aromatic nitrogens is 1. The molecule has 0 spiro atoms. The fourth-order valence-corrected chi connectivity index (χ4v) is 2.98. The first-order valence-corrected chi connectivity index (χ1v) is 8.88. The normalized spacial score (nSPS) is 16.1. The Bertz CT molecular complexity index is 773. The quantitative estimate of drug-likeness (QED) is 0.860. The molecule has 1 amide bonds. The highest BCUT2D eigenvalue weighted by Crippen LogP contribution is 2.28. The number of aryl methyl sites for hydroxylation is 2. The van der Waals surface area contributed by atoms with Gasteiger partial charge in [0.1, 0.15) is 5.75 Å². The molecule has 0 saturated carbocycles. The Morgan fingerprint density at radius 1 is 1.27 bits per heavy atom. The number of hydrogen-bond donors (Lipinski definition) is 2. The number of benzene rings is 1. The highest BCUT2D eigenvalue weighted by molar-refractivity contribution is 5.95. The number of rotatable bonds is 5. The molecule has 1 aliphatic heterocycles. The van der Waals surface area contributed by atoms with Gasteiger partial charge in [-0.05, 0) is 55.9 Å². The van der Waals surface area contributed by atoms with Crippen molar-refractivity contribution in [3.8, 4) is 11.6 Å². The van der Waals surface area contributed by atoms with Crippen LogP contribution in [0.2, 0.25) is 0 Å². The number of hydrogen-bond acceptors (Lipinski definition) is 5.